The predicted octanol–water partition coefficient (Wildman–Crippen LogP) is 2.19. The van der Waals surface area contributed by atoms with Crippen LogP contribution in [0.1, 0.15) is 29.8 Å². The van der Waals surface area contributed by atoms with Crippen molar-refractivity contribution >= 4 is 11.6 Å². The lowest BCUT2D eigenvalue weighted by molar-refractivity contribution is -0.0924. The van der Waals surface area contributed by atoms with E-state index in [4.69, 9.17) is 4.74 Å². The molecule has 4 nitrogen and oxygen atoms in total. The van der Waals surface area contributed by atoms with Gasteiger partial charge >= 0.3 is 0 Å². The molecule has 19 heavy (non-hydrogen) atoms. The molecule has 1 heterocycles. The Labute approximate surface area is 114 Å². The monoisotopic (exact) mass is 262 g/mol. The van der Waals surface area contributed by atoms with E-state index in [1.165, 1.54) is 0 Å². The Kier molecular flexibility index (Phi) is 4.10. The van der Waals surface area contributed by atoms with Crippen LogP contribution in [0.2, 0.25) is 0 Å². The summed E-state index contributed by atoms with van der Waals surface area (Å²) in [5, 5.41) is 6.25. The van der Waals surface area contributed by atoms with E-state index in [1.54, 1.807) is 0 Å². The predicted molar refractivity (Wildman–Crippen MR) is 76.6 cm³/mol. The number of amides is 1. The second kappa shape index (κ2) is 5.61. The standard InChI is InChI=1S/C15H22N2O2/c1-4-16-14(18)12-6-5-11(2)13(7-12)17-8-15(3)9-19-10-15/h5-7,17H,4,8-10H2,1-3H3,(H,16,18). The van der Waals surface area contributed by atoms with E-state index < -0.39 is 0 Å². The number of carbonyl (C=O) groups excluding carboxylic acids is 1. The van der Waals surface area contributed by atoms with Crippen molar-refractivity contribution in [2.75, 3.05) is 31.6 Å². The summed E-state index contributed by atoms with van der Waals surface area (Å²) >= 11 is 0. The average molecular weight is 262 g/mol. The molecule has 0 bridgehead atoms. The molecular formula is C15H22N2O2. The highest BCUT2D eigenvalue weighted by Crippen LogP contribution is 2.27. The van der Waals surface area contributed by atoms with Gasteiger partial charge in [0, 0.05) is 29.8 Å². The summed E-state index contributed by atoms with van der Waals surface area (Å²) in [5.41, 5.74) is 3.09. The van der Waals surface area contributed by atoms with Crippen molar-refractivity contribution in [2.45, 2.75) is 20.8 Å². The van der Waals surface area contributed by atoms with Gasteiger partial charge in [-0.25, -0.2) is 0 Å². The molecule has 1 aromatic rings. The van der Waals surface area contributed by atoms with Gasteiger partial charge in [0.1, 0.15) is 0 Å². The molecule has 0 aliphatic carbocycles. The number of hydrogen-bond acceptors (Lipinski definition) is 3. The molecule has 1 aromatic carbocycles. The summed E-state index contributed by atoms with van der Waals surface area (Å²) in [6.07, 6.45) is 0. The molecule has 0 spiro atoms. The van der Waals surface area contributed by atoms with Gasteiger partial charge in [-0.15, -0.1) is 0 Å². The van der Waals surface area contributed by atoms with E-state index >= 15 is 0 Å². The number of carbonyl (C=O) groups is 1. The van der Waals surface area contributed by atoms with Crippen molar-refractivity contribution in [1.82, 2.24) is 5.32 Å². The summed E-state index contributed by atoms with van der Waals surface area (Å²) in [6, 6.07) is 5.76. The first-order valence-electron chi connectivity index (χ1n) is 6.74. The van der Waals surface area contributed by atoms with E-state index in [-0.39, 0.29) is 11.3 Å². The maximum Gasteiger partial charge on any atom is 0.251 e. The SMILES string of the molecule is CCNC(=O)c1ccc(C)c(NCC2(C)COC2)c1. The van der Waals surface area contributed by atoms with E-state index in [1.807, 2.05) is 32.0 Å². The summed E-state index contributed by atoms with van der Waals surface area (Å²) in [4.78, 5) is 11.8. The number of hydrogen-bond donors (Lipinski definition) is 2. The van der Waals surface area contributed by atoms with E-state index in [0.29, 0.717) is 12.1 Å². The van der Waals surface area contributed by atoms with Crippen molar-refractivity contribution in [1.29, 1.82) is 0 Å². The van der Waals surface area contributed by atoms with Gasteiger partial charge in [0.05, 0.1) is 13.2 Å². The Morgan fingerprint density at radius 2 is 2.16 bits per heavy atom. The molecule has 1 saturated heterocycles. The molecule has 1 aliphatic rings. The topological polar surface area (TPSA) is 50.4 Å². The Morgan fingerprint density at radius 3 is 2.74 bits per heavy atom. The van der Waals surface area contributed by atoms with Crippen molar-refractivity contribution in [3.8, 4) is 0 Å². The molecule has 2 N–H and O–H groups in total. The molecule has 2 rings (SSSR count). The van der Waals surface area contributed by atoms with Gasteiger partial charge in [-0.3, -0.25) is 4.79 Å². The van der Waals surface area contributed by atoms with Crippen LogP contribution in [0.15, 0.2) is 18.2 Å². The quantitative estimate of drug-likeness (QED) is 0.855. The zero-order valence-electron chi connectivity index (χ0n) is 11.9. The minimum atomic E-state index is -0.0243. The van der Waals surface area contributed by atoms with Crippen LogP contribution in [-0.4, -0.2) is 32.2 Å². The van der Waals surface area contributed by atoms with Crippen LogP contribution in [0, 0.1) is 12.3 Å². The third-order valence-electron chi connectivity index (χ3n) is 3.44. The van der Waals surface area contributed by atoms with Crippen molar-refractivity contribution in [3.63, 3.8) is 0 Å². The number of benzene rings is 1. The summed E-state index contributed by atoms with van der Waals surface area (Å²) < 4.78 is 5.25. The second-order valence-electron chi connectivity index (χ2n) is 5.55. The first-order chi connectivity index (χ1) is 9.04. The Balaban J connectivity index is 2.06. The molecule has 0 aromatic heterocycles. The molecule has 1 aliphatic heterocycles. The minimum Gasteiger partial charge on any atom is -0.384 e. The summed E-state index contributed by atoms with van der Waals surface area (Å²) in [7, 11) is 0. The molecule has 4 heteroatoms. The normalized spacial score (nSPS) is 16.6. The number of anilines is 1. The van der Waals surface area contributed by atoms with Gasteiger partial charge in [0.2, 0.25) is 0 Å². The first-order valence-corrected chi connectivity index (χ1v) is 6.74. The van der Waals surface area contributed by atoms with Gasteiger partial charge in [0.15, 0.2) is 0 Å². The van der Waals surface area contributed by atoms with Gasteiger partial charge in [0.25, 0.3) is 5.91 Å². The third kappa shape index (κ3) is 3.26. The lowest BCUT2D eigenvalue weighted by Gasteiger charge is -2.38. The fourth-order valence-electron chi connectivity index (χ4n) is 2.08. The number of rotatable bonds is 5. The smallest absolute Gasteiger partial charge is 0.251 e. The Hall–Kier alpha value is -1.55. The van der Waals surface area contributed by atoms with Crippen LogP contribution in [0.3, 0.4) is 0 Å². The van der Waals surface area contributed by atoms with Crippen LogP contribution in [0.25, 0.3) is 0 Å². The van der Waals surface area contributed by atoms with Gasteiger partial charge < -0.3 is 15.4 Å². The summed E-state index contributed by atoms with van der Waals surface area (Å²) in [6.45, 7) is 9.28. The van der Waals surface area contributed by atoms with Gasteiger partial charge in [-0.05, 0) is 31.5 Å². The Bertz CT molecular complexity index is 467. The van der Waals surface area contributed by atoms with Gasteiger partial charge in [-0.2, -0.15) is 0 Å². The lowest BCUT2D eigenvalue weighted by Crippen LogP contribution is -2.45. The molecule has 104 valence electrons. The first kappa shape index (κ1) is 13.9. The molecule has 0 radical (unpaired) electrons. The fraction of sp³-hybridized carbons (Fsp3) is 0.533. The molecule has 1 fully saturated rings. The molecule has 0 saturated carbocycles. The highest BCUT2D eigenvalue weighted by molar-refractivity contribution is 5.95. The maximum atomic E-state index is 11.8. The fourth-order valence-corrected chi connectivity index (χ4v) is 2.08. The highest BCUT2D eigenvalue weighted by Gasteiger charge is 2.33. The van der Waals surface area contributed by atoms with Crippen LogP contribution < -0.4 is 10.6 Å². The van der Waals surface area contributed by atoms with Gasteiger partial charge in [-0.1, -0.05) is 13.0 Å². The van der Waals surface area contributed by atoms with Crippen LogP contribution >= 0.6 is 0 Å². The van der Waals surface area contributed by atoms with Crippen molar-refractivity contribution in [2.24, 2.45) is 5.41 Å². The third-order valence-corrected chi connectivity index (χ3v) is 3.44. The van der Waals surface area contributed by atoms with E-state index in [9.17, 15) is 4.79 Å². The van der Waals surface area contributed by atoms with Crippen molar-refractivity contribution < 1.29 is 9.53 Å². The molecular weight excluding hydrogens is 240 g/mol. The summed E-state index contributed by atoms with van der Waals surface area (Å²) in [5.74, 6) is -0.0243. The minimum absolute atomic E-state index is 0.0243. The van der Waals surface area contributed by atoms with E-state index in [0.717, 1.165) is 31.0 Å². The van der Waals surface area contributed by atoms with Crippen LogP contribution in [-0.2, 0) is 4.74 Å². The maximum absolute atomic E-state index is 11.8. The van der Waals surface area contributed by atoms with E-state index in [2.05, 4.69) is 17.6 Å². The molecule has 0 unspecified atom stereocenters. The van der Waals surface area contributed by atoms with Crippen molar-refractivity contribution in [3.05, 3.63) is 29.3 Å². The van der Waals surface area contributed by atoms with Crippen LogP contribution in [0.4, 0.5) is 5.69 Å². The molecule has 0 atom stereocenters. The Morgan fingerprint density at radius 1 is 1.42 bits per heavy atom. The number of nitrogens with one attached hydrogen (secondary N) is 2. The number of ether oxygens (including phenoxy) is 1. The lowest BCUT2D eigenvalue weighted by atomic mass is 9.88. The molecule has 1 amide bonds. The zero-order valence-corrected chi connectivity index (χ0v) is 11.9. The second-order valence-corrected chi connectivity index (χ2v) is 5.55. The van der Waals surface area contributed by atoms with Crippen LogP contribution in [0.5, 0.6) is 0 Å². The average Bonchev–Trinajstić information content (AvgIpc) is 2.36. The highest BCUT2D eigenvalue weighted by atomic mass is 16.5. The largest absolute Gasteiger partial charge is 0.384 e. The zero-order chi connectivity index (χ0) is 13.9. The number of aryl methyl sites for hydroxylation is 1.